The van der Waals surface area contributed by atoms with Crippen LogP contribution in [0, 0.1) is 9.49 Å². The molecule has 1 aliphatic rings. The number of hydrogen-bond acceptors (Lipinski definition) is 1. The minimum Gasteiger partial charge on any atom is -0.310 e. The molecular formula is C15H21BrIN. The molecule has 0 radical (unpaired) electrons. The fourth-order valence-electron chi connectivity index (χ4n) is 2.48. The van der Waals surface area contributed by atoms with Crippen molar-refractivity contribution in [2.24, 2.45) is 5.92 Å². The van der Waals surface area contributed by atoms with E-state index in [4.69, 9.17) is 0 Å². The average Bonchev–Trinajstić information content (AvgIpc) is 2.31. The second kappa shape index (κ2) is 7.25. The van der Waals surface area contributed by atoms with Crippen LogP contribution in [0.3, 0.4) is 0 Å². The summed E-state index contributed by atoms with van der Waals surface area (Å²) in [7, 11) is 0. The second-order valence-corrected chi connectivity index (χ2v) is 7.28. The Bertz CT molecular complexity index is 390. The zero-order valence-corrected chi connectivity index (χ0v) is 14.6. The molecule has 100 valence electrons. The fraction of sp³-hybridized carbons (Fsp3) is 0.600. The maximum Gasteiger partial charge on any atom is 0.0333 e. The predicted octanol–water partition coefficient (Wildman–Crippen LogP) is 5.28. The van der Waals surface area contributed by atoms with Gasteiger partial charge < -0.3 is 5.32 Å². The Balaban J connectivity index is 2.11. The van der Waals surface area contributed by atoms with Crippen LogP contribution in [0.2, 0.25) is 0 Å². The van der Waals surface area contributed by atoms with Crippen molar-refractivity contribution < 1.29 is 0 Å². The molecule has 3 heteroatoms. The summed E-state index contributed by atoms with van der Waals surface area (Å²) in [6.07, 6.45) is 6.78. The second-order valence-electron chi connectivity index (χ2n) is 5.21. The van der Waals surface area contributed by atoms with E-state index in [1.54, 1.807) is 0 Å². The summed E-state index contributed by atoms with van der Waals surface area (Å²) in [4.78, 5) is 0. The molecule has 1 unspecified atom stereocenters. The van der Waals surface area contributed by atoms with Gasteiger partial charge in [-0.25, -0.2) is 0 Å². The quantitative estimate of drug-likeness (QED) is 0.615. The van der Waals surface area contributed by atoms with Crippen molar-refractivity contribution in [2.45, 2.75) is 45.1 Å². The van der Waals surface area contributed by atoms with E-state index in [0.29, 0.717) is 6.04 Å². The third kappa shape index (κ3) is 3.94. The molecule has 1 atom stereocenters. The van der Waals surface area contributed by atoms with Crippen LogP contribution in [0.5, 0.6) is 0 Å². The number of hydrogen-bond donors (Lipinski definition) is 1. The smallest absolute Gasteiger partial charge is 0.0333 e. The van der Waals surface area contributed by atoms with Crippen LogP contribution in [0.25, 0.3) is 0 Å². The van der Waals surface area contributed by atoms with Gasteiger partial charge in [0, 0.05) is 14.1 Å². The monoisotopic (exact) mass is 421 g/mol. The maximum atomic E-state index is 3.73. The molecule has 0 heterocycles. The Labute approximate surface area is 132 Å². The Morgan fingerprint density at radius 3 is 2.83 bits per heavy atom. The topological polar surface area (TPSA) is 12.0 Å². The fourth-order valence-corrected chi connectivity index (χ4v) is 3.57. The molecule has 1 fully saturated rings. The van der Waals surface area contributed by atoms with Crippen LogP contribution in [-0.2, 0) is 0 Å². The summed E-state index contributed by atoms with van der Waals surface area (Å²) in [5, 5.41) is 3.73. The highest BCUT2D eigenvalue weighted by molar-refractivity contribution is 14.1. The third-order valence-electron chi connectivity index (χ3n) is 3.77. The zero-order valence-electron chi connectivity index (χ0n) is 10.9. The lowest BCUT2D eigenvalue weighted by Crippen LogP contribution is -2.27. The van der Waals surface area contributed by atoms with Crippen molar-refractivity contribution in [1.82, 2.24) is 5.32 Å². The first kappa shape index (κ1) is 14.8. The van der Waals surface area contributed by atoms with E-state index in [2.05, 4.69) is 69.0 Å². The molecule has 1 N–H and O–H groups in total. The first-order valence-corrected chi connectivity index (χ1v) is 8.76. The maximum absolute atomic E-state index is 3.73. The third-order valence-corrected chi connectivity index (χ3v) is 5.24. The van der Waals surface area contributed by atoms with E-state index in [1.165, 1.54) is 45.7 Å². The number of rotatable bonds is 6. The van der Waals surface area contributed by atoms with E-state index in [0.717, 1.165) is 12.5 Å². The first-order valence-electron chi connectivity index (χ1n) is 6.89. The summed E-state index contributed by atoms with van der Waals surface area (Å²) >= 11 is 6.06. The molecule has 2 rings (SSSR count). The number of benzene rings is 1. The molecule has 0 saturated heterocycles. The summed E-state index contributed by atoms with van der Waals surface area (Å²) in [6.45, 7) is 3.35. The van der Waals surface area contributed by atoms with Gasteiger partial charge in [0.1, 0.15) is 0 Å². The molecule has 1 aromatic rings. The predicted molar refractivity (Wildman–Crippen MR) is 89.9 cm³/mol. The van der Waals surface area contributed by atoms with E-state index in [1.807, 2.05) is 0 Å². The van der Waals surface area contributed by atoms with E-state index < -0.39 is 0 Å². The summed E-state index contributed by atoms with van der Waals surface area (Å²) in [5.41, 5.74) is 1.46. The van der Waals surface area contributed by atoms with Gasteiger partial charge in [-0.1, -0.05) is 42.1 Å². The van der Waals surface area contributed by atoms with Crippen molar-refractivity contribution >= 4 is 38.5 Å². The molecule has 0 aromatic heterocycles. The molecule has 0 spiro atoms. The molecule has 1 aromatic carbocycles. The Kier molecular flexibility index (Phi) is 5.96. The van der Waals surface area contributed by atoms with Crippen LogP contribution in [0.15, 0.2) is 22.7 Å². The Morgan fingerprint density at radius 1 is 1.44 bits per heavy atom. The Hall–Kier alpha value is 0.390. The average molecular weight is 422 g/mol. The minimum absolute atomic E-state index is 0.527. The van der Waals surface area contributed by atoms with Gasteiger partial charge in [0.05, 0.1) is 0 Å². The Morgan fingerprint density at radius 2 is 2.22 bits per heavy atom. The molecule has 1 saturated carbocycles. The zero-order chi connectivity index (χ0) is 13.0. The molecule has 18 heavy (non-hydrogen) atoms. The van der Waals surface area contributed by atoms with Gasteiger partial charge in [0.15, 0.2) is 0 Å². The highest BCUT2D eigenvalue weighted by Crippen LogP contribution is 2.36. The lowest BCUT2D eigenvalue weighted by atomic mass is 9.79. The standard InChI is InChI=1S/C15H21BrIN/c1-2-8-18-15(9-11-4-3-5-11)13-10-12(16)6-7-14(13)17/h6-7,10-11,15,18H,2-5,8-9H2,1H3. The van der Waals surface area contributed by atoms with Gasteiger partial charge in [-0.05, 0) is 71.7 Å². The first-order chi connectivity index (χ1) is 8.70. The summed E-state index contributed by atoms with van der Waals surface area (Å²) in [6, 6.07) is 7.15. The van der Waals surface area contributed by atoms with Gasteiger partial charge >= 0.3 is 0 Å². The van der Waals surface area contributed by atoms with E-state index in [-0.39, 0.29) is 0 Å². The van der Waals surface area contributed by atoms with Gasteiger partial charge in [-0.3, -0.25) is 0 Å². The lowest BCUT2D eigenvalue weighted by Gasteiger charge is -2.31. The van der Waals surface area contributed by atoms with Gasteiger partial charge in [0.2, 0.25) is 0 Å². The van der Waals surface area contributed by atoms with Crippen LogP contribution in [0.4, 0.5) is 0 Å². The SMILES string of the molecule is CCCNC(CC1CCC1)c1cc(Br)ccc1I. The summed E-state index contributed by atoms with van der Waals surface area (Å²) in [5.74, 6) is 0.939. The minimum atomic E-state index is 0.527. The van der Waals surface area contributed by atoms with E-state index in [9.17, 15) is 0 Å². The van der Waals surface area contributed by atoms with Gasteiger partial charge in [0.25, 0.3) is 0 Å². The number of halogens is 2. The molecule has 1 nitrogen and oxygen atoms in total. The van der Waals surface area contributed by atoms with Crippen LogP contribution < -0.4 is 5.32 Å². The van der Waals surface area contributed by atoms with Crippen molar-refractivity contribution in [1.29, 1.82) is 0 Å². The normalized spacial score (nSPS) is 17.5. The van der Waals surface area contributed by atoms with Crippen molar-refractivity contribution in [3.05, 3.63) is 31.8 Å². The molecule has 0 amide bonds. The largest absolute Gasteiger partial charge is 0.310 e. The molecule has 0 aliphatic heterocycles. The number of nitrogens with one attached hydrogen (secondary N) is 1. The highest BCUT2D eigenvalue weighted by atomic mass is 127. The molecule has 0 bridgehead atoms. The van der Waals surface area contributed by atoms with Crippen LogP contribution in [0.1, 0.15) is 50.6 Å². The lowest BCUT2D eigenvalue weighted by molar-refractivity contribution is 0.261. The van der Waals surface area contributed by atoms with Crippen molar-refractivity contribution in [3.63, 3.8) is 0 Å². The van der Waals surface area contributed by atoms with Crippen LogP contribution in [-0.4, -0.2) is 6.54 Å². The van der Waals surface area contributed by atoms with Gasteiger partial charge in [-0.2, -0.15) is 0 Å². The van der Waals surface area contributed by atoms with E-state index >= 15 is 0 Å². The van der Waals surface area contributed by atoms with Crippen LogP contribution >= 0.6 is 38.5 Å². The summed E-state index contributed by atoms with van der Waals surface area (Å²) < 4.78 is 2.57. The van der Waals surface area contributed by atoms with Crippen molar-refractivity contribution in [2.75, 3.05) is 6.54 Å². The van der Waals surface area contributed by atoms with Gasteiger partial charge in [-0.15, -0.1) is 0 Å². The molecular weight excluding hydrogens is 401 g/mol. The van der Waals surface area contributed by atoms with Crippen molar-refractivity contribution in [3.8, 4) is 0 Å². The molecule has 1 aliphatic carbocycles. The highest BCUT2D eigenvalue weighted by Gasteiger charge is 2.23.